The molecule has 5 aromatic rings. The lowest BCUT2D eigenvalue weighted by Gasteiger charge is -2.30. The van der Waals surface area contributed by atoms with Crippen molar-refractivity contribution in [3.8, 4) is 11.1 Å². The summed E-state index contributed by atoms with van der Waals surface area (Å²) in [4.78, 5) is 14.2. The van der Waals surface area contributed by atoms with Gasteiger partial charge in [0.25, 0.3) is 0 Å². The molecule has 1 aromatic heterocycles. The second kappa shape index (κ2) is 10.9. The molecule has 6 rings (SSSR count). The van der Waals surface area contributed by atoms with E-state index in [0.29, 0.717) is 16.7 Å². The second-order valence-corrected chi connectivity index (χ2v) is 10.3. The molecule has 1 aliphatic heterocycles. The third-order valence-electron chi connectivity index (χ3n) is 7.31. The van der Waals surface area contributed by atoms with Crippen LogP contribution in [0.5, 0.6) is 0 Å². The molecule has 4 aromatic carbocycles. The summed E-state index contributed by atoms with van der Waals surface area (Å²) in [6.07, 6.45) is 1.84. The average Bonchev–Trinajstić information content (AvgIpc) is 3.37. The van der Waals surface area contributed by atoms with Gasteiger partial charge in [-0.3, -0.25) is 4.90 Å². The predicted octanol–water partition coefficient (Wildman–Crippen LogP) is 8.67. The number of halogens is 2. The summed E-state index contributed by atoms with van der Waals surface area (Å²) in [7, 11) is 0. The van der Waals surface area contributed by atoms with Crippen molar-refractivity contribution in [1.29, 1.82) is 0 Å². The van der Waals surface area contributed by atoms with E-state index < -0.39 is 5.82 Å². The zero-order chi connectivity index (χ0) is 26.8. The van der Waals surface area contributed by atoms with Crippen LogP contribution in [0.3, 0.4) is 0 Å². The zero-order valence-corrected chi connectivity index (χ0v) is 22.0. The van der Waals surface area contributed by atoms with E-state index in [1.54, 1.807) is 6.07 Å². The molecule has 1 saturated heterocycles. The summed E-state index contributed by atoms with van der Waals surface area (Å²) >= 11 is 6.06. The van der Waals surface area contributed by atoms with Crippen molar-refractivity contribution in [3.05, 3.63) is 136 Å². The van der Waals surface area contributed by atoms with Crippen LogP contribution in [0, 0.1) is 12.4 Å². The molecule has 0 bridgehead atoms. The first-order valence-corrected chi connectivity index (χ1v) is 13.4. The number of likely N-dealkylation sites (tertiary alicyclic amines) is 1. The molecule has 0 spiro atoms. The molecule has 4 nitrogen and oxygen atoms in total. The first kappa shape index (κ1) is 25.1. The standard InChI is InChI=1S/C33H26ClFN4/c1-36-27-9-5-8-26(18-27)23-10-12-24(13-11-23)32(33-37-30-19-28(34)29(35)20-31(30)38-33)25-14-16-39(17-15-25)21-22-6-3-2-4-7-22/h2-13,18-20H,14-17,21H2,(H,37,38). The number of rotatable bonds is 5. The molecule has 39 heavy (non-hydrogen) atoms. The molecule has 0 radical (unpaired) electrons. The molecule has 0 amide bonds. The van der Waals surface area contributed by atoms with Crippen LogP contribution in [0.1, 0.15) is 29.8 Å². The predicted molar refractivity (Wildman–Crippen MR) is 156 cm³/mol. The van der Waals surface area contributed by atoms with Crippen molar-refractivity contribution in [3.63, 3.8) is 0 Å². The minimum atomic E-state index is -0.464. The largest absolute Gasteiger partial charge is 0.338 e. The van der Waals surface area contributed by atoms with Gasteiger partial charge in [-0.25, -0.2) is 14.2 Å². The van der Waals surface area contributed by atoms with Crippen molar-refractivity contribution < 1.29 is 4.39 Å². The van der Waals surface area contributed by atoms with Gasteiger partial charge in [0.1, 0.15) is 11.6 Å². The molecule has 0 atom stereocenters. The zero-order valence-electron chi connectivity index (χ0n) is 21.3. The number of imidazole rings is 1. The molecule has 1 aliphatic rings. The minimum Gasteiger partial charge on any atom is -0.338 e. The Morgan fingerprint density at radius 3 is 2.44 bits per heavy atom. The minimum absolute atomic E-state index is 0.0648. The molecule has 2 heterocycles. The van der Waals surface area contributed by atoms with Gasteiger partial charge in [-0.1, -0.05) is 90.0 Å². The molecule has 0 unspecified atom stereocenters. The van der Waals surface area contributed by atoms with Crippen molar-refractivity contribution in [2.45, 2.75) is 19.4 Å². The van der Waals surface area contributed by atoms with Crippen molar-refractivity contribution >= 4 is 33.9 Å². The monoisotopic (exact) mass is 532 g/mol. The highest BCUT2D eigenvalue weighted by Gasteiger charge is 2.22. The third kappa shape index (κ3) is 5.35. The molecule has 6 heteroatoms. The Morgan fingerprint density at radius 1 is 0.923 bits per heavy atom. The summed E-state index contributed by atoms with van der Waals surface area (Å²) in [6, 6.07) is 29.6. The van der Waals surface area contributed by atoms with Gasteiger partial charge < -0.3 is 4.98 Å². The number of benzene rings is 4. The summed E-state index contributed by atoms with van der Waals surface area (Å²) < 4.78 is 14.2. The maximum Gasteiger partial charge on any atom is 0.187 e. The Labute approximate surface area is 232 Å². The fourth-order valence-corrected chi connectivity index (χ4v) is 5.45. The van der Waals surface area contributed by atoms with Crippen molar-refractivity contribution in [1.82, 2.24) is 14.9 Å². The molecule has 1 fully saturated rings. The summed E-state index contributed by atoms with van der Waals surface area (Å²) in [5.74, 6) is 0.259. The summed E-state index contributed by atoms with van der Waals surface area (Å²) in [5.41, 5.74) is 8.70. The maximum atomic E-state index is 14.2. The molecular weight excluding hydrogens is 507 g/mol. The highest BCUT2D eigenvalue weighted by molar-refractivity contribution is 6.31. The number of piperidine rings is 1. The van der Waals surface area contributed by atoms with E-state index >= 15 is 0 Å². The number of aromatic nitrogens is 2. The average molecular weight is 533 g/mol. The van der Waals surface area contributed by atoms with E-state index in [0.717, 1.165) is 60.6 Å². The van der Waals surface area contributed by atoms with Gasteiger partial charge >= 0.3 is 0 Å². The lowest BCUT2D eigenvalue weighted by molar-refractivity contribution is 0.248. The molecule has 0 aliphatic carbocycles. The Balaban J connectivity index is 1.36. The lowest BCUT2D eigenvalue weighted by Crippen LogP contribution is -2.30. The lowest BCUT2D eigenvalue weighted by atomic mass is 9.91. The fourth-order valence-electron chi connectivity index (χ4n) is 5.29. The Bertz CT molecular complexity index is 1670. The number of nitrogens with one attached hydrogen (secondary N) is 1. The van der Waals surface area contributed by atoms with E-state index in [1.807, 2.05) is 30.3 Å². The van der Waals surface area contributed by atoms with Crippen LogP contribution in [0.25, 0.3) is 32.6 Å². The van der Waals surface area contributed by atoms with Gasteiger partial charge in [0, 0.05) is 31.3 Å². The topological polar surface area (TPSA) is 36.3 Å². The third-order valence-corrected chi connectivity index (χ3v) is 7.59. The highest BCUT2D eigenvalue weighted by Crippen LogP contribution is 2.34. The number of nitrogens with zero attached hydrogens (tertiary/aromatic N) is 3. The molecule has 1 N–H and O–H groups in total. The van der Waals surface area contributed by atoms with Crippen molar-refractivity contribution in [2.24, 2.45) is 0 Å². The van der Waals surface area contributed by atoms with Gasteiger partial charge in [-0.05, 0) is 47.2 Å². The van der Waals surface area contributed by atoms with Crippen LogP contribution < -0.4 is 0 Å². The number of hydrogen-bond donors (Lipinski definition) is 1. The molecule has 192 valence electrons. The van der Waals surface area contributed by atoms with Crippen molar-refractivity contribution in [2.75, 3.05) is 13.1 Å². The number of fused-ring (bicyclic) bond motifs is 1. The summed E-state index contributed by atoms with van der Waals surface area (Å²) in [5, 5.41) is 0.0648. The number of H-pyrrole nitrogens is 1. The van der Waals surface area contributed by atoms with E-state index in [4.69, 9.17) is 23.2 Å². The SMILES string of the molecule is [C-]#[N+]c1cccc(-c2ccc(C(=C3CCN(Cc4ccccc4)CC3)c3nc4cc(Cl)c(F)cc4[nH]3)cc2)c1. The van der Waals surface area contributed by atoms with E-state index in [1.165, 1.54) is 17.2 Å². The molecular formula is C33H26ClFN4. The van der Waals surface area contributed by atoms with Crippen LogP contribution in [-0.4, -0.2) is 28.0 Å². The second-order valence-electron chi connectivity index (χ2n) is 9.85. The van der Waals surface area contributed by atoms with Crippen LogP contribution in [-0.2, 0) is 6.54 Å². The van der Waals surface area contributed by atoms with Gasteiger partial charge in [-0.15, -0.1) is 0 Å². The van der Waals surface area contributed by atoms with Crippen LogP contribution >= 0.6 is 11.6 Å². The first-order valence-electron chi connectivity index (χ1n) is 13.0. The first-order chi connectivity index (χ1) is 19.1. The van der Waals surface area contributed by atoms with Crippen LogP contribution in [0.15, 0.2) is 96.6 Å². The number of aromatic amines is 1. The fraction of sp³-hybridized carbons (Fsp3) is 0.152. The van der Waals surface area contributed by atoms with E-state index in [-0.39, 0.29) is 5.02 Å². The summed E-state index contributed by atoms with van der Waals surface area (Å²) in [6.45, 7) is 10.2. The van der Waals surface area contributed by atoms with Gasteiger partial charge in [0.15, 0.2) is 5.69 Å². The van der Waals surface area contributed by atoms with E-state index in [2.05, 4.69) is 63.3 Å². The van der Waals surface area contributed by atoms with Gasteiger partial charge in [0.05, 0.1) is 22.6 Å². The highest BCUT2D eigenvalue weighted by atomic mass is 35.5. The van der Waals surface area contributed by atoms with Crippen LogP contribution in [0.2, 0.25) is 5.02 Å². The number of hydrogen-bond acceptors (Lipinski definition) is 2. The Morgan fingerprint density at radius 2 is 1.69 bits per heavy atom. The molecule has 0 saturated carbocycles. The Hall–Kier alpha value is -4.24. The van der Waals surface area contributed by atoms with Crippen LogP contribution in [0.4, 0.5) is 10.1 Å². The van der Waals surface area contributed by atoms with Gasteiger partial charge in [-0.2, -0.15) is 0 Å². The van der Waals surface area contributed by atoms with E-state index in [9.17, 15) is 4.39 Å². The maximum absolute atomic E-state index is 14.2. The smallest absolute Gasteiger partial charge is 0.187 e. The van der Waals surface area contributed by atoms with Gasteiger partial charge in [0.2, 0.25) is 0 Å². The Kier molecular flexibility index (Phi) is 6.98. The normalized spacial score (nSPS) is 13.9. The quantitative estimate of drug-likeness (QED) is 0.230.